The molecule has 3 aromatic carbocycles. The van der Waals surface area contributed by atoms with Gasteiger partial charge < -0.3 is 20.1 Å². The fraction of sp³-hybridized carbons (Fsp3) is 0.405. The van der Waals surface area contributed by atoms with Gasteiger partial charge in [0.1, 0.15) is 5.75 Å². The minimum Gasteiger partial charge on any atom is -0.493 e. The highest BCUT2D eigenvalue weighted by atomic mass is 35.5. The summed E-state index contributed by atoms with van der Waals surface area (Å²) in [6.07, 6.45) is 2.86. The van der Waals surface area contributed by atoms with Gasteiger partial charge >= 0.3 is 6.09 Å². The summed E-state index contributed by atoms with van der Waals surface area (Å²) in [6.45, 7) is 8.37. The van der Waals surface area contributed by atoms with Crippen LogP contribution in [0.1, 0.15) is 52.6 Å². The van der Waals surface area contributed by atoms with Crippen molar-refractivity contribution in [1.29, 1.82) is 0 Å². The number of ether oxygens (including phenoxy) is 1. The molecule has 2 heterocycles. The highest BCUT2D eigenvalue weighted by molar-refractivity contribution is 6.31. The van der Waals surface area contributed by atoms with Crippen LogP contribution in [0.3, 0.4) is 0 Å². The second kappa shape index (κ2) is 13.3. The monoisotopic (exact) mass is 627 g/mol. The molecule has 6 rings (SSSR count). The summed E-state index contributed by atoms with van der Waals surface area (Å²) in [5.74, 6) is 0.902. The van der Waals surface area contributed by atoms with Crippen molar-refractivity contribution in [3.8, 4) is 5.75 Å². The van der Waals surface area contributed by atoms with Gasteiger partial charge in [-0.3, -0.25) is 9.69 Å². The number of aryl methyl sites for hydroxylation is 2. The Morgan fingerprint density at radius 1 is 0.978 bits per heavy atom. The van der Waals surface area contributed by atoms with Crippen LogP contribution in [0.25, 0.3) is 5.57 Å². The molecule has 0 spiro atoms. The molecule has 2 bridgehead atoms. The molecule has 1 aliphatic carbocycles. The van der Waals surface area contributed by atoms with Crippen LogP contribution >= 0.6 is 11.6 Å². The predicted molar refractivity (Wildman–Crippen MR) is 178 cm³/mol. The number of hydrogen-bond acceptors (Lipinski definition) is 4. The molecule has 0 unspecified atom stereocenters. The highest BCUT2D eigenvalue weighted by Gasteiger charge is 2.46. The molecule has 1 saturated heterocycles. The van der Waals surface area contributed by atoms with Crippen molar-refractivity contribution in [2.24, 2.45) is 0 Å². The zero-order chi connectivity index (χ0) is 31.7. The third-order valence-electron chi connectivity index (χ3n) is 9.64. The van der Waals surface area contributed by atoms with Gasteiger partial charge in [0.2, 0.25) is 0 Å². The lowest BCUT2D eigenvalue weighted by atomic mass is 9.81. The first-order chi connectivity index (χ1) is 21.7. The summed E-state index contributed by atoms with van der Waals surface area (Å²) in [5, 5.41) is 14.3. The van der Waals surface area contributed by atoms with E-state index >= 15 is 0 Å². The van der Waals surface area contributed by atoms with Crippen molar-refractivity contribution in [2.75, 3.05) is 26.2 Å². The van der Waals surface area contributed by atoms with E-state index in [1.807, 2.05) is 29.2 Å². The van der Waals surface area contributed by atoms with Crippen molar-refractivity contribution < 1.29 is 19.4 Å². The summed E-state index contributed by atoms with van der Waals surface area (Å²) in [4.78, 5) is 30.5. The van der Waals surface area contributed by atoms with Crippen LogP contribution in [0.2, 0.25) is 5.02 Å². The smallest absolute Gasteiger partial charge is 0.408 e. The third kappa shape index (κ3) is 6.61. The van der Waals surface area contributed by atoms with Gasteiger partial charge in [-0.1, -0.05) is 66.2 Å². The summed E-state index contributed by atoms with van der Waals surface area (Å²) in [6, 6.07) is 19.8. The molecule has 2 aliphatic heterocycles. The Hall–Kier alpha value is -3.81. The predicted octanol–water partition coefficient (Wildman–Crippen LogP) is 6.60. The number of carbonyl (C=O) groups excluding carboxylic acids is 1. The molecule has 0 radical (unpaired) electrons. The topological polar surface area (TPSA) is 82.1 Å². The van der Waals surface area contributed by atoms with Crippen molar-refractivity contribution in [3.63, 3.8) is 0 Å². The van der Waals surface area contributed by atoms with E-state index in [1.165, 1.54) is 16.0 Å². The first kappa shape index (κ1) is 31.2. The second-order valence-electron chi connectivity index (χ2n) is 12.6. The van der Waals surface area contributed by atoms with Crippen LogP contribution in [-0.2, 0) is 17.6 Å². The van der Waals surface area contributed by atoms with Crippen molar-refractivity contribution >= 4 is 29.2 Å². The molecule has 2 amide bonds. The van der Waals surface area contributed by atoms with Gasteiger partial charge in [-0.2, -0.15) is 0 Å². The van der Waals surface area contributed by atoms with E-state index in [9.17, 15) is 14.7 Å². The summed E-state index contributed by atoms with van der Waals surface area (Å²) < 4.78 is 6.21. The zero-order valence-corrected chi connectivity index (χ0v) is 27.1. The first-order valence-electron chi connectivity index (χ1n) is 16.0. The maximum atomic E-state index is 14.5. The lowest BCUT2D eigenvalue weighted by Crippen LogP contribution is -2.63. The maximum Gasteiger partial charge on any atom is 0.408 e. The first-order valence-corrected chi connectivity index (χ1v) is 16.4. The number of rotatable bonds is 10. The quantitative estimate of drug-likeness (QED) is 0.265. The van der Waals surface area contributed by atoms with E-state index in [2.05, 4.69) is 62.5 Å². The number of nitrogens with zero attached hydrogens (tertiary/aromatic N) is 2. The lowest BCUT2D eigenvalue weighted by Gasteiger charge is -2.47. The Labute approximate surface area is 270 Å². The molecule has 1 saturated carbocycles. The van der Waals surface area contributed by atoms with Gasteiger partial charge in [0.05, 0.1) is 18.7 Å². The number of halogens is 1. The average Bonchev–Trinajstić information content (AvgIpc) is 3.87. The molecule has 3 aromatic rings. The van der Waals surface area contributed by atoms with Gasteiger partial charge in [0, 0.05) is 42.7 Å². The molecule has 45 heavy (non-hydrogen) atoms. The molecule has 7 nitrogen and oxygen atoms in total. The van der Waals surface area contributed by atoms with E-state index in [4.69, 9.17) is 16.3 Å². The Kier molecular flexibility index (Phi) is 9.20. The number of hydrogen-bond donors (Lipinski definition) is 2. The number of nitrogens with one attached hydrogen (secondary N) is 1. The molecule has 0 aromatic heterocycles. The fourth-order valence-corrected chi connectivity index (χ4v) is 7.08. The van der Waals surface area contributed by atoms with Crippen LogP contribution in [0.5, 0.6) is 5.75 Å². The molecule has 2 fully saturated rings. The van der Waals surface area contributed by atoms with Gasteiger partial charge in [-0.05, 0) is 91.5 Å². The van der Waals surface area contributed by atoms with Crippen LogP contribution in [0.4, 0.5) is 4.79 Å². The minimum atomic E-state index is -0.973. The number of carbonyl (C=O) groups is 2. The summed E-state index contributed by atoms with van der Waals surface area (Å²) >= 11 is 6.45. The molecule has 3 aliphatic rings. The van der Waals surface area contributed by atoms with Gasteiger partial charge in [0.15, 0.2) is 0 Å². The SMILES string of the molecule is Cc1ccc(C)c(OCCc2ccc(C3=C(C(=O)N(CCc4ccccc4Cl)C4CC4)[C@H]4CNC[C@@H](C3)N4C(=O)O)cc2)c1C. The van der Waals surface area contributed by atoms with E-state index in [1.54, 1.807) is 0 Å². The van der Waals surface area contributed by atoms with E-state index in [0.717, 1.165) is 52.8 Å². The molecule has 8 heteroatoms. The highest BCUT2D eigenvalue weighted by Crippen LogP contribution is 2.39. The van der Waals surface area contributed by atoms with Crippen molar-refractivity contribution in [1.82, 2.24) is 15.1 Å². The Morgan fingerprint density at radius 3 is 2.42 bits per heavy atom. The normalized spacial score (nSPS) is 19.4. The van der Waals surface area contributed by atoms with Gasteiger partial charge in [0.25, 0.3) is 5.91 Å². The number of carboxylic acid groups (broad SMARTS) is 1. The molecule has 2 atom stereocenters. The fourth-order valence-electron chi connectivity index (χ4n) is 6.85. The molecular weight excluding hydrogens is 586 g/mol. The molecule has 236 valence electrons. The molecular formula is C37H42ClN3O4. The number of amides is 2. The van der Waals surface area contributed by atoms with E-state index in [0.29, 0.717) is 49.7 Å². The van der Waals surface area contributed by atoms with E-state index < -0.39 is 12.1 Å². The molecule has 2 N–H and O–H groups in total. The second-order valence-corrected chi connectivity index (χ2v) is 13.0. The van der Waals surface area contributed by atoms with Crippen LogP contribution in [0, 0.1) is 20.8 Å². The van der Waals surface area contributed by atoms with Crippen LogP contribution in [0.15, 0.2) is 66.2 Å². The van der Waals surface area contributed by atoms with Gasteiger partial charge in [-0.25, -0.2) is 4.79 Å². The van der Waals surface area contributed by atoms with E-state index in [-0.39, 0.29) is 18.0 Å². The van der Waals surface area contributed by atoms with Crippen LogP contribution < -0.4 is 10.1 Å². The zero-order valence-electron chi connectivity index (χ0n) is 26.3. The average molecular weight is 628 g/mol. The number of benzene rings is 3. The Bertz CT molecular complexity index is 1610. The van der Waals surface area contributed by atoms with Crippen LogP contribution in [-0.4, -0.2) is 71.3 Å². The number of fused-ring (bicyclic) bond motifs is 2. The Balaban J connectivity index is 1.26. The largest absolute Gasteiger partial charge is 0.493 e. The minimum absolute atomic E-state index is 0.0562. The maximum absolute atomic E-state index is 14.5. The Morgan fingerprint density at radius 2 is 1.71 bits per heavy atom. The van der Waals surface area contributed by atoms with Crippen molar-refractivity contribution in [3.05, 3.63) is 105 Å². The third-order valence-corrected chi connectivity index (χ3v) is 10.0. The summed E-state index contributed by atoms with van der Waals surface area (Å²) in [7, 11) is 0. The number of piperazine rings is 1. The van der Waals surface area contributed by atoms with Crippen molar-refractivity contribution in [2.45, 2.75) is 71.0 Å². The summed E-state index contributed by atoms with van der Waals surface area (Å²) in [5.41, 5.74) is 8.24. The lowest BCUT2D eigenvalue weighted by molar-refractivity contribution is -0.128. The van der Waals surface area contributed by atoms with Gasteiger partial charge in [-0.15, -0.1) is 0 Å². The standard InChI is InChI=1S/C37H42ClN3O4/c1-23-8-9-24(2)35(25(23)3)45-19-17-26-10-12-27(13-11-26)31-20-30-21-39-22-33(41(30)37(43)44)34(31)36(42)40(29-14-15-29)18-16-28-6-4-5-7-32(28)38/h4-13,29-30,33,39H,14-22H2,1-3H3,(H,43,44)/t30-,33-/m1/s1.